The minimum Gasteiger partial charge on any atom is -0.392 e. The number of aliphatic hydroxyl groups excluding tert-OH is 1. The molecule has 1 saturated carbocycles. The summed E-state index contributed by atoms with van der Waals surface area (Å²) in [6.45, 7) is 7.92. The van der Waals surface area contributed by atoms with Crippen LogP contribution in [0.25, 0.3) is 0 Å². The summed E-state index contributed by atoms with van der Waals surface area (Å²) in [5.74, 6) is 0. The standard InChI is InChI=1S/C17H33N3O2/c1-14(12-20-10-6-3-7-11-20)19-16(22)18-13-17(2)9-5-4-8-15(17)21/h14-15,21H,3-13H2,1-2H3,(H2,18,19,22). The maximum atomic E-state index is 12.1. The first kappa shape index (κ1) is 17.5. The molecule has 22 heavy (non-hydrogen) atoms. The number of piperidine rings is 1. The van der Waals surface area contributed by atoms with Gasteiger partial charge in [-0.1, -0.05) is 26.2 Å². The molecule has 0 aromatic heterocycles. The van der Waals surface area contributed by atoms with Gasteiger partial charge in [-0.15, -0.1) is 0 Å². The van der Waals surface area contributed by atoms with Crippen molar-refractivity contribution in [3.63, 3.8) is 0 Å². The number of nitrogens with zero attached hydrogens (tertiary/aromatic N) is 1. The van der Waals surface area contributed by atoms with Crippen molar-refractivity contribution in [2.24, 2.45) is 5.41 Å². The van der Waals surface area contributed by atoms with E-state index in [2.05, 4.69) is 29.4 Å². The van der Waals surface area contributed by atoms with Crippen LogP contribution in [0.1, 0.15) is 58.8 Å². The Bertz CT molecular complexity index is 358. The quantitative estimate of drug-likeness (QED) is 0.728. The van der Waals surface area contributed by atoms with Crippen molar-refractivity contribution in [2.75, 3.05) is 26.2 Å². The number of urea groups is 1. The van der Waals surface area contributed by atoms with E-state index in [9.17, 15) is 9.90 Å². The monoisotopic (exact) mass is 311 g/mol. The summed E-state index contributed by atoms with van der Waals surface area (Å²) in [4.78, 5) is 14.5. The van der Waals surface area contributed by atoms with E-state index in [1.54, 1.807) is 0 Å². The van der Waals surface area contributed by atoms with Gasteiger partial charge in [0.1, 0.15) is 0 Å². The summed E-state index contributed by atoms with van der Waals surface area (Å²) in [7, 11) is 0. The lowest BCUT2D eigenvalue weighted by Crippen LogP contribution is -2.51. The number of hydrogen-bond acceptors (Lipinski definition) is 3. The van der Waals surface area contributed by atoms with Crippen LogP contribution in [-0.4, -0.2) is 54.4 Å². The summed E-state index contributed by atoms with van der Waals surface area (Å²) in [6, 6.07) is 0.0469. The first-order chi connectivity index (χ1) is 10.5. The predicted molar refractivity (Wildman–Crippen MR) is 88.9 cm³/mol. The largest absolute Gasteiger partial charge is 0.392 e. The molecule has 0 radical (unpaired) electrons. The van der Waals surface area contributed by atoms with Gasteiger partial charge in [0.05, 0.1) is 6.10 Å². The zero-order valence-electron chi connectivity index (χ0n) is 14.2. The summed E-state index contributed by atoms with van der Waals surface area (Å²) < 4.78 is 0. The third kappa shape index (κ3) is 5.13. The molecule has 2 aliphatic rings. The highest BCUT2D eigenvalue weighted by molar-refractivity contribution is 5.74. The van der Waals surface area contributed by atoms with Gasteiger partial charge in [0.15, 0.2) is 0 Å². The maximum Gasteiger partial charge on any atom is 0.315 e. The highest BCUT2D eigenvalue weighted by Gasteiger charge is 2.35. The zero-order valence-corrected chi connectivity index (χ0v) is 14.2. The van der Waals surface area contributed by atoms with E-state index in [0.717, 1.165) is 45.3 Å². The van der Waals surface area contributed by atoms with Crippen molar-refractivity contribution in [3.05, 3.63) is 0 Å². The zero-order chi connectivity index (χ0) is 16.0. The van der Waals surface area contributed by atoms with E-state index in [0.29, 0.717) is 6.54 Å². The van der Waals surface area contributed by atoms with Crippen LogP contribution in [-0.2, 0) is 0 Å². The minimum atomic E-state index is -0.299. The molecule has 3 N–H and O–H groups in total. The molecule has 1 aliphatic carbocycles. The van der Waals surface area contributed by atoms with Crippen molar-refractivity contribution in [1.82, 2.24) is 15.5 Å². The van der Waals surface area contributed by atoms with Crippen LogP contribution >= 0.6 is 0 Å². The topological polar surface area (TPSA) is 64.6 Å². The molecule has 1 saturated heterocycles. The normalized spacial score (nSPS) is 31.5. The van der Waals surface area contributed by atoms with Crippen molar-refractivity contribution >= 4 is 6.03 Å². The van der Waals surface area contributed by atoms with E-state index < -0.39 is 0 Å². The van der Waals surface area contributed by atoms with Gasteiger partial charge in [-0.25, -0.2) is 4.79 Å². The Morgan fingerprint density at radius 1 is 1.27 bits per heavy atom. The molecule has 2 rings (SSSR count). The molecule has 2 amide bonds. The van der Waals surface area contributed by atoms with Crippen molar-refractivity contribution < 1.29 is 9.90 Å². The molecule has 0 spiro atoms. The van der Waals surface area contributed by atoms with Crippen LogP contribution in [0.4, 0.5) is 4.79 Å². The minimum absolute atomic E-state index is 0.108. The second kappa shape index (κ2) is 8.16. The molecular formula is C17H33N3O2. The molecule has 0 aromatic rings. The number of hydrogen-bond donors (Lipinski definition) is 3. The smallest absolute Gasteiger partial charge is 0.315 e. The van der Waals surface area contributed by atoms with Gasteiger partial charge in [-0.3, -0.25) is 0 Å². The Labute approximate surface area is 134 Å². The average molecular weight is 311 g/mol. The second-order valence-electron chi connectivity index (χ2n) is 7.50. The van der Waals surface area contributed by atoms with Crippen LogP contribution in [0.15, 0.2) is 0 Å². The number of amides is 2. The fraction of sp³-hybridized carbons (Fsp3) is 0.941. The number of aliphatic hydroxyl groups is 1. The lowest BCUT2D eigenvalue weighted by Gasteiger charge is -2.38. The van der Waals surface area contributed by atoms with Gasteiger partial charge in [0.25, 0.3) is 0 Å². The molecule has 3 atom stereocenters. The molecule has 5 nitrogen and oxygen atoms in total. The third-order valence-electron chi connectivity index (χ3n) is 5.29. The molecule has 5 heteroatoms. The van der Waals surface area contributed by atoms with E-state index in [1.807, 2.05) is 0 Å². The third-order valence-corrected chi connectivity index (χ3v) is 5.29. The highest BCUT2D eigenvalue weighted by Crippen LogP contribution is 2.35. The Hall–Kier alpha value is -0.810. The molecule has 0 bridgehead atoms. The predicted octanol–water partition coefficient (Wildman–Crippen LogP) is 2.10. The summed E-state index contributed by atoms with van der Waals surface area (Å²) >= 11 is 0. The van der Waals surface area contributed by atoms with Crippen LogP contribution in [0.3, 0.4) is 0 Å². The number of rotatable bonds is 5. The second-order valence-corrected chi connectivity index (χ2v) is 7.50. The number of likely N-dealkylation sites (tertiary alicyclic amines) is 1. The van der Waals surface area contributed by atoms with Crippen LogP contribution in [0, 0.1) is 5.41 Å². The Morgan fingerprint density at radius 3 is 2.68 bits per heavy atom. The Kier molecular flexibility index (Phi) is 6.50. The lowest BCUT2D eigenvalue weighted by molar-refractivity contribution is 0.00304. The molecule has 2 fully saturated rings. The molecule has 0 aromatic carbocycles. The lowest BCUT2D eigenvalue weighted by atomic mass is 9.73. The summed E-state index contributed by atoms with van der Waals surface area (Å²) in [6.07, 6.45) is 7.65. The van der Waals surface area contributed by atoms with Gasteiger partial charge in [-0.2, -0.15) is 0 Å². The van der Waals surface area contributed by atoms with E-state index in [1.165, 1.54) is 19.3 Å². The SMILES string of the molecule is CC(CN1CCCCC1)NC(=O)NCC1(C)CCCCC1O. The van der Waals surface area contributed by atoms with Crippen molar-refractivity contribution in [2.45, 2.75) is 70.9 Å². The van der Waals surface area contributed by atoms with E-state index in [-0.39, 0.29) is 23.6 Å². The molecule has 128 valence electrons. The van der Waals surface area contributed by atoms with Crippen molar-refractivity contribution in [1.29, 1.82) is 0 Å². The number of nitrogens with one attached hydrogen (secondary N) is 2. The van der Waals surface area contributed by atoms with E-state index in [4.69, 9.17) is 0 Å². The maximum absolute atomic E-state index is 12.1. The van der Waals surface area contributed by atoms with Crippen LogP contribution in [0.5, 0.6) is 0 Å². The molecule has 3 unspecified atom stereocenters. The molecular weight excluding hydrogens is 278 g/mol. The van der Waals surface area contributed by atoms with Gasteiger partial charge in [-0.05, 0) is 45.7 Å². The fourth-order valence-corrected chi connectivity index (χ4v) is 3.72. The molecule has 1 aliphatic heterocycles. The van der Waals surface area contributed by atoms with Crippen LogP contribution < -0.4 is 10.6 Å². The first-order valence-corrected chi connectivity index (χ1v) is 8.94. The first-order valence-electron chi connectivity index (χ1n) is 8.94. The number of carbonyl (C=O) groups is 1. The van der Waals surface area contributed by atoms with Gasteiger partial charge >= 0.3 is 6.03 Å². The summed E-state index contributed by atoms with van der Waals surface area (Å²) in [5, 5.41) is 16.1. The van der Waals surface area contributed by atoms with Gasteiger partial charge in [0.2, 0.25) is 0 Å². The average Bonchev–Trinajstić information content (AvgIpc) is 2.49. The molecule has 1 heterocycles. The Balaban J connectivity index is 1.68. The van der Waals surface area contributed by atoms with Crippen LogP contribution in [0.2, 0.25) is 0 Å². The van der Waals surface area contributed by atoms with Gasteiger partial charge in [0, 0.05) is 24.5 Å². The summed E-state index contributed by atoms with van der Waals surface area (Å²) in [5.41, 5.74) is -0.175. The Morgan fingerprint density at radius 2 is 2.00 bits per heavy atom. The highest BCUT2D eigenvalue weighted by atomic mass is 16.3. The van der Waals surface area contributed by atoms with Crippen molar-refractivity contribution in [3.8, 4) is 0 Å². The van der Waals surface area contributed by atoms with E-state index >= 15 is 0 Å². The number of carbonyl (C=O) groups excluding carboxylic acids is 1. The fourth-order valence-electron chi connectivity index (χ4n) is 3.72. The van der Waals surface area contributed by atoms with Gasteiger partial charge < -0.3 is 20.6 Å².